The van der Waals surface area contributed by atoms with Gasteiger partial charge in [0.2, 0.25) is 11.8 Å². The number of amides is 1. The summed E-state index contributed by atoms with van der Waals surface area (Å²) in [4.78, 5) is 26.4. The molecule has 21 heavy (non-hydrogen) atoms. The lowest BCUT2D eigenvalue weighted by Gasteiger charge is -2.08. The number of rotatable bonds is 5. The van der Waals surface area contributed by atoms with Crippen LogP contribution in [0.3, 0.4) is 0 Å². The Bertz CT molecular complexity index is 698. The van der Waals surface area contributed by atoms with Gasteiger partial charge in [0.1, 0.15) is 5.75 Å². The molecule has 0 saturated carbocycles. The average molecular weight is 286 g/mol. The van der Waals surface area contributed by atoms with E-state index in [-0.39, 0.29) is 11.4 Å². The highest BCUT2D eigenvalue weighted by molar-refractivity contribution is 5.93. The molecule has 1 aromatic carbocycles. The van der Waals surface area contributed by atoms with Crippen molar-refractivity contribution in [3.05, 3.63) is 53.2 Å². The third-order valence-electron chi connectivity index (χ3n) is 2.81. The number of carboxylic acids is 1. The van der Waals surface area contributed by atoms with Gasteiger partial charge in [-0.2, -0.15) is 0 Å². The van der Waals surface area contributed by atoms with Crippen LogP contribution in [0.1, 0.15) is 33.3 Å². The number of aromatic carboxylic acids is 1. The molecule has 0 fully saturated rings. The molecule has 0 aliphatic rings. The predicted molar refractivity (Wildman–Crippen MR) is 75.6 cm³/mol. The second-order valence-electron chi connectivity index (χ2n) is 4.34. The van der Waals surface area contributed by atoms with E-state index in [0.717, 1.165) is 0 Å². The molecule has 108 valence electrons. The summed E-state index contributed by atoms with van der Waals surface area (Å²) in [5.74, 6) is -1.10. The Morgan fingerprint density at radius 3 is 2.62 bits per heavy atom. The minimum atomic E-state index is -1.05. The first kappa shape index (κ1) is 14.5. The molecule has 0 atom stereocenters. The molecule has 0 bridgehead atoms. The zero-order valence-corrected chi connectivity index (χ0v) is 11.4. The third kappa shape index (κ3) is 3.56. The van der Waals surface area contributed by atoms with E-state index in [4.69, 9.17) is 15.6 Å². The number of nitrogens with zero attached hydrogens (tertiary/aromatic N) is 1. The van der Waals surface area contributed by atoms with Crippen molar-refractivity contribution in [3.8, 4) is 11.6 Å². The van der Waals surface area contributed by atoms with Gasteiger partial charge in [-0.15, -0.1) is 0 Å². The fraction of sp³-hybridized carbons (Fsp3) is 0.133. The molecule has 0 saturated heterocycles. The van der Waals surface area contributed by atoms with Gasteiger partial charge >= 0.3 is 5.97 Å². The van der Waals surface area contributed by atoms with Crippen molar-refractivity contribution < 1.29 is 19.4 Å². The molecule has 1 aromatic heterocycles. The molecule has 1 amide bonds. The lowest BCUT2D eigenvalue weighted by Crippen LogP contribution is -2.10. The molecule has 1 heterocycles. The number of hydrogen-bond donors (Lipinski definition) is 2. The molecular weight excluding hydrogens is 272 g/mol. The van der Waals surface area contributed by atoms with Crippen LogP contribution in [0.25, 0.3) is 0 Å². The van der Waals surface area contributed by atoms with Gasteiger partial charge in [-0.25, -0.2) is 9.78 Å². The second kappa shape index (κ2) is 6.04. The number of ether oxygens (including phenoxy) is 1. The van der Waals surface area contributed by atoms with Crippen LogP contribution in [0.4, 0.5) is 0 Å². The van der Waals surface area contributed by atoms with Crippen LogP contribution in [-0.4, -0.2) is 22.0 Å². The van der Waals surface area contributed by atoms with Crippen LogP contribution < -0.4 is 10.5 Å². The first-order valence-corrected chi connectivity index (χ1v) is 6.31. The van der Waals surface area contributed by atoms with E-state index >= 15 is 0 Å². The fourth-order valence-corrected chi connectivity index (χ4v) is 1.75. The maximum absolute atomic E-state index is 11.1. The predicted octanol–water partition coefficient (Wildman–Crippen LogP) is 2.23. The molecule has 0 spiro atoms. The average Bonchev–Trinajstić information content (AvgIpc) is 2.47. The third-order valence-corrected chi connectivity index (χ3v) is 2.81. The number of carbonyl (C=O) groups excluding carboxylic acids is 1. The largest absolute Gasteiger partial charge is 0.478 e. The summed E-state index contributed by atoms with van der Waals surface area (Å²) in [6.07, 6.45) is 0.582. The van der Waals surface area contributed by atoms with E-state index in [0.29, 0.717) is 23.4 Å². The van der Waals surface area contributed by atoms with E-state index in [2.05, 4.69) is 4.98 Å². The standard InChI is InChI=1S/C15H14N2O4/c1-2-11-6-10(15(19)20)8-13(17-11)21-12-5-3-4-9(7-12)14(16)18/h3-8H,2H2,1H3,(H2,16,18)(H,19,20). The summed E-state index contributed by atoms with van der Waals surface area (Å²) in [6, 6.07) is 9.12. The smallest absolute Gasteiger partial charge is 0.335 e. The van der Waals surface area contributed by atoms with Crippen molar-refractivity contribution in [1.29, 1.82) is 0 Å². The van der Waals surface area contributed by atoms with Crippen LogP contribution in [0.2, 0.25) is 0 Å². The molecule has 6 nitrogen and oxygen atoms in total. The summed E-state index contributed by atoms with van der Waals surface area (Å²) in [5, 5.41) is 9.07. The second-order valence-corrected chi connectivity index (χ2v) is 4.34. The summed E-state index contributed by atoms with van der Waals surface area (Å²) in [5.41, 5.74) is 6.21. The highest BCUT2D eigenvalue weighted by Gasteiger charge is 2.10. The number of carbonyl (C=O) groups is 2. The van der Waals surface area contributed by atoms with Gasteiger partial charge in [0, 0.05) is 17.3 Å². The van der Waals surface area contributed by atoms with Crippen molar-refractivity contribution in [1.82, 2.24) is 4.98 Å². The Morgan fingerprint density at radius 2 is 2.00 bits per heavy atom. The Labute approximate surface area is 121 Å². The number of pyridine rings is 1. The monoisotopic (exact) mass is 286 g/mol. The molecule has 0 aliphatic carbocycles. The van der Waals surface area contributed by atoms with Gasteiger partial charge in [-0.05, 0) is 30.7 Å². The number of primary amides is 1. The summed E-state index contributed by atoms with van der Waals surface area (Å²) in [6.45, 7) is 1.87. The summed E-state index contributed by atoms with van der Waals surface area (Å²) >= 11 is 0. The minimum Gasteiger partial charge on any atom is -0.478 e. The van der Waals surface area contributed by atoms with Crippen molar-refractivity contribution >= 4 is 11.9 Å². The maximum Gasteiger partial charge on any atom is 0.335 e. The van der Waals surface area contributed by atoms with Crippen LogP contribution in [0.5, 0.6) is 11.6 Å². The van der Waals surface area contributed by atoms with Gasteiger partial charge in [-0.1, -0.05) is 13.0 Å². The van der Waals surface area contributed by atoms with Crippen LogP contribution in [0, 0.1) is 0 Å². The molecule has 0 aliphatic heterocycles. The zero-order valence-electron chi connectivity index (χ0n) is 11.4. The highest BCUT2D eigenvalue weighted by atomic mass is 16.5. The normalized spacial score (nSPS) is 10.1. The van der Waals surface area contributed by atoms with E-state index in [1.54, 1.807) is 18.2 Å². The quantitative estimate of drug-likeness (QED) is 0.877. The molecule has 0 unspecified atom stereocenters. The van der Waals surface area contributed by atoms with E-state index in [9.17, 15) is 9.59 Å². The molecular formula is C15H14N2O4. The van der Waals surface area contributed by atoms with Crippen molar-refractivity contribution in [3.63, 3.8) is 0 Å². The maximum atomic E-state index is 11.1. The van der Waals surface area contributed by atoms with Gasteiger partial charge in [0.15, 0.2) is 0 Å². The number of carboxylic acid groups (broad SMARTS) is 1. The Balaban J connectivity index is 2.34. The summed E-state index contributed by atoms with van der Waals surface area (Å²) < 4.78 is 5.52. The Morgan fingerprint density at radius 1 is 1.24 bits per heavy atom. The first-order valence-electron chi connectivity index (χ1n) is 6.31. The van der Waals surface area contributed by atoms with Crippen molar-refractivity contribution in [2.24, 2.45) is 5.73 Å². The van der Waals surface area contributed by atoms with Gasteiger partial charge in [0.25, 0.3) is 0 Å². The molecule has 2 rings (SSSR count). The molecule has 3 N–H and O–H groups in total. The SMILES string of the molecule is CCc1cc(C(=O)O)cc(Oc2cccc(C(N)=O)c2)n1. The Hall–Kier alpha value is -2.89. The molecule has 6 heteroatoms. The number of aryl methyl sites for hydroxylation is 1. The number of nitrogens with two attached hydrogens (primary N) is 1. The van der Waals surface area contributed by atoms with Crippen LogP contribution in [-0.2, 0) is 6.42 Å². The van der Waals surface area contributed by atoms with Gasteiger partial charge in [-0.3, -0.25) is 4.79 Å². The van der Waals surface area contributed by atoms with Crippen LogP contribution >= 0.6 is 0 Å². The van der Waals surface area contributed by atoms with Crippen LogP contribution in [0.15, 0.2) is 36.4 Å². The van der Waals surface area contributed by atoms with Gasteiger partial charge in [0.05, 0.1) is 5.56 Å². The lowest BCUT2D eigenvalue weighted by molar-refractivity contribution is 0.0696. The number of hydrogen-bond acceptors (Lipinski definition) is 4. The van der Waals surface area contributed by atoms with E-state index in [1.807, 2.05) is 6.92 Å². The number of benzene rings is 1. The molecule has 2 aromatic rings. The lowest BCUT2D eigenvalue weighted by atomic mass is 10.2. The topological polar surface area (TPSA) is 103 Å². The fourth-order valence-electron chi connectivity index (χ4n) is 1.75. The number of aromatic nitrogens is 1. The van der Waals surface area contributed by atoms with E-state index < -0.39 is 11.9 Å². The highest BCUT2D eigenvalue weighted by Crippen LogP contribution is 2.22. The first-order chi connectivity index (χ1) is 9.99. The summed E-state index contributed by atoms with van der Waals surface area (Å²) in [7, 11) is 0. The van der Waals surface area contributed by atoms with Crippen molar-refractivity contribution in [2.75, 3.05) is 0 Å². The van der Waals surface area contributed by atoms with Gasteiger partial charge < -0.3 is 15.6 Å². The molecule has 0 radical (unpaired) electrons. The zero-order chi connectivity index (χ0) is 15.4. The Kier molecular flexibility index (Phi) is 4.18. The van der Waals surface area contributed by atoms with E-state index in [1.165, 1.54) is 18.2 Å². The minimum absolute atomic E-state index is 0.0999. The van der Waals surface area contributed by atoms with Crippen molar-refractivity contribution in [2.45, 2.75) is 13.3 Å².